The molecule has 0 aliphatic carbocycles. The monoisotopic (exact) mass is 337 g/mol. The Kier molecular flexibility index (Phi) is 3.82. The summed E-state index contributed by atoms with van der Waals surface area (Å²) in [5, 5.41) is 2.92. The van der Waals surface area contributed by atoms with Crippen LogP contribution in [-0.4, -0.2) is 34.6 Å². The molecule has 2 N–H and O–H groups in total. The average molecular weight is 337 g/mol. The Hall–Kier alpha value is -2.75. The summed E-state index contributed by atoms with van der Waals surface area (Å²) in [5.74, 6) is -0.100. The van der Waals surface area contributed by atoms with Crippen molar-refractivity contribution >= 4 is 27.1 Å². The highest BCUT2D eigenvalue weighted by atomic mass is 32.2. The number of fused-ring (bicyclic) bond motifs is 1. The number of nitrogens with zero attached hydrogens (tertiary/aromatic N) is 3. The Bertz CT molecular complexity index is 957. The van der Waals surface area contributed by atoms with E-state index in [9.17, 15) is 12.8 Å². The SMILES string of the molecule is CS(=O)(=O)Oc1nc(NCc2ccccc2F)c2[nH]cnc2n1. The molecule has 23 heavy (non-hydrogen) atoms. The van der Waals surface area contributed by atoms with Crippen LogP contribution in [0, 0.1) is 5.82 Å². The van der Waals surface area contributed by atoms with Gasteiger partial charge in [0.15, 0.2) is 11.5 Å². The maximum Gasteiger partial charge on any atom is 0.337 e. The van der Waals surface area contributed by atoms with Gasteiger partial charge in [-0.3, -0.25) is 0 Å². The molecule has 3 aromatic rings. The lowest BCUT2D eigenvalue weighted by Crippen LogP contribution is -2.10. The lowest BCUT2D eigenvalue weighted by molar-refractivity contribution is 0.472. The predicted octanol–water partition coefficient (Wildman–Crippen LogP) is 1.44. The topological polar surface area (TPSA) is 110 Å². The maximum absolute atomic E-state index is 13.7. The molecular weight excluding hydrogens is 325 g/mol. The number of aromatic amines is 1. The third kappa shape index (κ3) is 3.54. The van der Waals surface area contributed by atoms with E-state index in [2.05, 4.69) is 29.4 Å². The third-order valence-corrected chi connectivity index (χ3v) is 3.35. The van der Waals surface area contributed by atoms with Crippen LogP contribution in [0.3, 0.4) is 0 Å². The molecule has 3 rings (SSSR count). The molecule has 0 atom stereocenters. The number of benzene rings is 1. The number of aromatic nitrogens is 4. The fourth-order valence-electron chi connectivity index (χ4n) is 1.93. The number of halogens is 1. The van der Waals surface area contributed by atoms with E-state index in [0.29, 0.717) is 11.1 Å². The smallest absolute Gasteiger partial charge is 0.337 e. The zero-order chi connectivity index (χ0) is 16.4. The molecule has 0 radical (unpaired) electrons. The summed E-state index contributed by atoms with van der Waals surface area (Å²) in [6.45, 7) is 0.149. The van der Waals surface area contributed by atoms with Crippen LogP contribution >= 0.6 is 0 Å². The molecule has 120 valence electrons. The minimum atomic E-state index is -3.77. The molecule has 0 fully saturated rings. The standard InChI is InChI=1S/C13H12FN5O3S/c1-23(20,21)22-13-18-11(10-12(19-13)17-7-16-10)15-6-8-4-2-3-5-9(8)14/h2-5,7H,6H2,1H3,(H2,15,16,17,18,19). The van der Waals surface area contributed by atoms with Gasteiger partial charge >= 0.3 is 16.1 Å². The number of anilines is 1. The zero-order valence-electron chi connectivity index (χ0n) is 11.9. The number of hydrogen-bond acceptors (Lipinski definition) is 7. The van der Waals surface area contributed by atoms with Crippen LogP contribution in [0.2, 0.25) is 0 Å². The molecule has 0 aliphatic heterocycles. The second-order valence-electron chi connectivity index (χ2n) is 4.69. The van der Waals surface area contributed by atoms with Crippen LogP contribution in [0.15, 0.2) is 30.6 Å². The van der Waals surface area contributed by atoms with Crippen LogP contribution in [0.25, 0.3) is 11.2 Å². The molecule has 8 nitrogen and oxygen atoms in total. The molecule has 0 aliphatic rings. The van der Waals surface area contributed by atoms with E-state index in [1.807, 2.05) is 0 Å². The maximum atomic E-state index is 13.7. The van der Waals surface area contributed by atoms with Gasteiger partial charge in [-0.05, 0) is 6.07 Å². The van der Waals surface area contributed by atoms with Crippen LogP contribution in [0.4, 0.5) is 10.2 Å². The number of H-pyrrole nitrogens is 1. The molecule has 0 saturated carbocycles. The van der Waals surface area contributed by atoms with Gasteiger partial charge in [-0.2, -0.15) is 18.4 Å². The van der Waals surface area contributed by atoms with Crippen LogP contribution < -0.4 is 9.50 Å². The lowest BCUT2D eigenvalue weighted by atomic mass is 10.2. The first kappa shape index (κ1) is 15.2. The molecule has 2 aromatic heterocycles. The van der Waals surface area contributed by atoms with Gasteiger partial charge in [0.1, 0.15) is 11.3 Å². The Balaban J connectivity index is 1.92. The molecule has 2 heterocycles. The van der Waals surface area contributed by atoms with E-state index in [1.54, 1.807) is 18.2 Å². The third-order valence-electron chi connectivity index (χ3n) is 2.90. The van der Waals surface area contributed by atoms with Crippen molar-refractivity contribution in [2.24, 2.45) is 0 Å². The molecule has 0 spiro atoms. The van der Waals surface area contributed by atoms with E-state index in [1.165, 1.54) is 12.4 Å². The largest absolute Gasteiger partial charge is 0.364 e. The second-order valence-corrected chi connectivity index (χ2v) is 6.26. The molecule has 0 unspecified atom stereocenters. The molecule has 10 heteroatoms. The average Bonchev–Trinajstić information content (AvgIpc) is 2.92. The van der Waals surface area contributed by atoms with Gasteiger partial charge in [0, 0.05) is 12.1 Å². The van der Waals surface area contributed by atoms with Crippen molar-refractivity contribution in [2.45, 2.75) is 6.54 Å². The van der Waals surface area contributed by atoms with E-state index in [0.717, 1.165) is 6.26 Å². The summed E-state index contributed by atoms with van der Waals surface area (Å²) in [5.41, 5.74) is 1.13. The van der Waals surface area contributed by atoms with E-state index < -0.39 is 10.1 Å². The minimum absolute atomic E-state index is 0.149. The van der Waals surface area contributed by atoms with E-state index in [4.69, 9.17) is 0 Å². The molecule has 0 amide bonds. The zero-order valence-corrected chi connectivity index (χ0v) is 12.8. The summed E-state index contributed by atoms with van der Waals surface area (Å²) in [7, 11) is -3.77. The van der Waals surface area contributed by atoms with Gasteiger partial charge in [0.25, 0.3) is 0 Å². The molecule has 0 bridgehead atoms. The number of imidazole rings is 1. The Morgan fingerprint density at radius 3 is 2.83 bits per heavy atom. The van der Waals surface area contributed by atoms with Crippen molar-refractivity contribution in [1.82, 2.24) is 19.9 Å². The predicted molar refractivity (Wildman–Crippen MR) is 80.9 cm³/mol. The summed E-state index contributed by atoms with van der Waals surface area (Å²) >= 11 is 0. The number of nitrogens with one attached hydrogen (secondary N) is 2. The molecule has 0 saturated heterocycles. The highest BCUT2D eigenvalue weighted by Crippen LogP contribution is 2.21. The van der Waals surface area contributed by atoms with Crippen LogP contribution in [0.5, 0.6) is 6.01 Å². The van der Waals surface area contributed by atoms with Crippen LogP contribution in [0.1, 0.15) is 5.56 Å². The first-order valence-corrected chi connectivity index (χ1v) is 8.32. The summed E-state index contributed by atoms with van der Waals surface area (Å²) in [4.78, 5) is 14.6. The van der Waals surface area contributed by atoms with Crippen molar-refractivity contribution in [2.75, 3.05) is 11.6 Å². The van der Waals surface area contributed by atoms with Gasteiger partial charge in [0.05, 0.1) is 12.6 Å². The van der Waals surface area contributed by atoms with Crippen molar-refractivity contribution < 1.29 is 17.0 Å². The second kappa shape index (κ2) is 5.80. The van der Waals surface area contributed by atoms with Gasteiger partial charge in [-0.1, -0.05) is 18.2 Å². The van der Waals surface area contributed by atoms with E-state index >= 15 is 0 Å². The summed E-state index contributed by atoms with van der Waals surface area (Å²) in [6.07, 6.45) is 2.27. The molecule has 1 aromatic carbocycles. The normalized spacial score (nSPS) is 11.6. The Morgan fingerprint density at radius 1 is 1.30 bits per heavy atom. The summed E-state index contributed by atoms with van der Waals surface area (Å²) in [6, 6.07) is 5.92. The molecular formula is C13H12FN5O3S. The highest BCUT2D eigenvalue weighted by Gasteiger charge is 2.14. The van der Waals surface area contributed by atoms with Crippen LogP contribution in [-0.2, 0) is 16.7 Å². The Labute approximate surface area is 130 Å². The van der Waals surface area contributed by atoms with Gasteiger partial charge in [0.2, 0.25) is 0 Å². The first-order chi connectivity index (χ1) is 10.9. The van der Waals surface area contributed by atoms with Crippen molar-refractivity contribution in [1.29, 1.82) is 0 Å². The van der Waals surface area contributed by atoms with Gasteiger partial charge in [-0.15, -0.1) is 0 Å². The van der Waals surface area contributed by atoms with Crippen molar-refractivity contribution in [3.63, 3.8) is 0 Å². The minimum Gasteiger partial charge on any atom is -0.364 e. The number of hydrogen-bond donors (Lipinski definition) is 2. The van der Waals surface area contributed by atoms with Crippen molar-refractivity contribution in [3.8, 4) is 6.01 Å². The van der Waals surface area contributed by atoms with Gasteiger partial charge < -0.3 is 14.5 Å². The highest BCUT2D eigenvalue weighted by molar-refractivity contribution is 7.86. The lowest BCUT2D eigenvalue weighted by Gasteiger charge is -2.08. The quantitative estimate of drug-likeness (QED) is 0.678. The summed E-state index contributed by atoms with van der Waals surface area (Å²) < 4.78 is 40.7. The Morgan fingerprint density at radius 2 is 2.09 bits per heavy atom. The van der Waals surface area contributed by atoms with Crippen molar-refractivity contribution in [3.05, 3.63) is 42.0 Å². The van der Waals surface area contributed by atoms with E-state index in [-0.39, 0.29) is 29.8 Å². The fraction of sp³-hybridized carbons (Fsp3) is 0.154. The fourth-order valence-corrected chi connectivity index (χ4v) is 2.28. The first-order valence-electron chi connectivity index (χ1n) is 6.50. The number of rotatable bonds is 5. The van der Waals surface area contributed by atoms with Gasteiger partial charge in [-0.25, -0.2) is 9.37 Å².